The summed E-state index contributed by atoms with van der Waals surface area (Å²) in [6.07, 6.45) is 8.43. The van der Waals surface area contributed by atoms with Crippen molar-refractivity contribution in [3.8, 4) is 0 Å². The highest BCUT2D eigenvalue weighted by molar-refractivity contribution is 7.86. The van der Waals surface area contributed by atoms with Crippen molar-refractivity contribution in [1.82, 2.24) is 23.1 Å². The summed E-state index contributed by atoms with van der Waals surface area (Å²) in [5.41, 5.74) is 0.674. The van der Waals surface area contributed by atoms with Gasteiger partial charge in [-0.25, -0.2) is 4.98 Å². The number of nitrogens with one attached hydrogen (secondary N) is 1. The number of piperidine rings is 1. The van der Waals surface area contributed by atoms with E-state index in [4.69, 9.17) is 4.98 Å². The third-order valence-corrected chi connectivity index (χ3v) is 8.65. The second-order valence-electron chi connectivity index (χ2n) is 8.53. The smallest absolute Gasteiger partial charge is 0.281 e. The van der Waals surface area contributed by atoms with Crippen LogP contribution in [-0.2, 0) is 10.2 Å². The molecule has 2 aromatic heterocycles. The van der Waals surface area contributed by atoms with E-state index < -0.39 is 10.2 Å². The molecule has 0 bridgehead atoms. The normalized spacial score (nSPS) is 22.4. The van der Waals surface area contributed by atoms with Gasteiger partial charge in [0.15, 0.2) is 0 Å². The molecule has 0 amide bonds. The van der Waals surface area contributed by atoms with Gasteiger partial charge in [-0.05, 0) is 38.2 Å². The Labute approximate surface area is 176 Å². The third kappa shape index (κ3) is 3.61. The van der Waals surface area contributed by atoms with Gasteiger partial charge in [0.25, 0.3) is 15.8 Å². The number of hydrogen-bond acceptors (Lipinski definition) is 6. The summed E-state index contributed by atoms with van der Waals surface area (Å²) in [6.45, 7) is 2.26. The minimum Gasteiger partial charge on any atom is -0.351 e. The number of anilines is 1. The highest BCUT2D eigenvalue weighted by Gasteiger charge is 2.35. The van der Waals surface area contributed by atoms with Crippen molar-refractivity contribution in [2.24, 2.45) is 0 Å². The maximum Gasteiger partial charge on any atom is 0.281 e. The molecule has 9 nitrogen and oxygen atoms in total. The zero-order chi connectivity index (χ0) is 20.7. The van der Waals surface area contributed by atoms with E-state index in [0.29, 0.717) is 50.6 Å². The van der Waals surface area contributed by atoms with Crippen LogP contribution < -0.4 is 10.9 Å². The van der Waals surface area contributed by atoms with E-state index in [9.17, 15) is 13.2 Å². The Hall–Kier alpha value is -2.04. The maximum atomic E-state index is 12.6. The van der Waals surface area contributed by atoms with Crippen molar-refractivity contribution in [1.29, 1.82) is 0 Å². The first-order valence-electron chi connectivity index (χ1n) is 10.9. The predicted molar refractivity (Wildman–Crippen MR) is 115 cm³/mol. The van der Waals surface area contributed by atoms with Crippen molar-refractivity contribution < 1.29 is 8.42 Å². The van der Waals surface area contributed by atoms with Crippen molar-refractivity contribution in [2.75, 3.05) is 31.5 Å². The lowest BCUT2D eigenvalue weighted by molar-refractivity contribution is 0.253. The zero-order valence-corrected chi connectivity index (χ0v) is 17.9. The molecule has 162 valence electrons. The molecule has 10 heteroatoms. The van der Waals surface area contributed by atoms with E-state index in [1.165, 1.54) is 0 Å². The summed E-state index contributed by atoms with van der Waals surface area (Å²) in [5.74, 6) is 0.504. The molecule has 2 aromatic rings. The number of nitrogens with zero attached hydrogens (tertiary/aromatic N) is 5. The minimum absolute atomic E-state index is 0.0106. The van der Waals surface area contributed by atoms with E-state index >= 15 is 0 Å². The van der Waals surface area contributed by atoms with Gasteiger partial charge in [0.2, 0.25) is 5.95 Å². The molecule has 1 N–H and O–H groups in total. The van der Waals surface area contributed by atoms with Gasteiger partial charge >= 0.3 is 0 Å². The zero-order valence-electron chi connectivity index (χ0n) is 17.0. The van der Waals surface area contributed by atoms with Gasteiger partial charge in [-0.3, -0.25) is 9.36 Å². The lowest BCUT2D eigenvalue weighted by atomic mass is 10.1. The summed E-state index contributed by atoms with van der Waals surface area (Å²) in [6, 6.07) is 3.71. The minimum atomic E-state index is -3.30. The van der Waals surface area contributed by atoms with E-state index in [1.807, 2.05) is 4.57 Å². The molecule has 5 rings (SSSR count). The summed E-state index contributed by atoms with van der Waals surface area (Å²) in [7, 11) is -3.30. The number of rotatable bonds is 5. The Morgan fingerprint density at radius 1 is 0.933 bits per heavy atom. The summed E-state index contributed by atoms with van der Waals surface area (Å²) < 4.78 is 30.1. The number of aromatic nitrogens is 3. The first-order chi connectivity index (χ1) is 14.5. The third-order valence-electron chi connectivity index (χ3n) is 6.61. The Morgan fingerprint density at radius 3 is 2.30 bits per heavy atom. The molecule has 1 saturated carbocycles. The molecule has 0 aromatic carbocycles. The van der Waals surface area contributed by atoms with Crippen LogP contribution >= 0.6 is 0 Å². The standard InChI is InChI=1S/C20H28N6O3S/c27-18-7-6-15-14-21-20(23-19(15)26(18)17-4-1-2-5-17)22-16-8-12-25(13-9-16)30(28,29)24-10-3-11-24/h6-7,14,16-17H,1-5,8-13H2,(H,21,22,23). The van der Waals surface area contributed by atoms with Gasteiger partial charge < -0.3 is 5.32 Å². The quantitative estimate of drug-likeness (QED) is 0.772. The van der Waals surface area contributed by atoms with Crippen LogP contribution in [0.3, 0.4) is 0 Å². The fourth-order valence-electron chi connectivity index (χ4n) is 4.72. The Kier molecular flexibility index (Phi) is 5.24. The molecule has 2 saturated heterocycles. The summed E-state index contributed by atoms with van der Waals surface area (Å²) >= 11 is 0. The van der Waals surface area contributed by atoms with Gasteiger partial charge in [0, 0.05) is 55.9 Å². The van der Waals surface area contributed by atoms with E-state index in [2.05, 4.69) is 10.3 Å². The van der Waals surface area contributed by atoms with Gasteiger partial charge in [-0.2, -0.15) is 22.0 Å². The van der Waals surface area contributed by atoms with Crippen LogP contribution in [0.4, 0.5) is 5.95 Å². The molecule has 3 aliphatic rings. The molecule has 0 unspecified atom stereocenters. The summed E-state index contributed by atoms with van der Waals surface area (Å²) in [4.78, 5) is 21.7. The van der Waals surface area contributed by atoms with Crippen molar-refractivity contribution in [3.05, 3.63) is 28.7 Å². The van der Waals surface area contributed by atoms with Crippen molar-refractivity contribution >= 4 is 27.2 Å². The average Bonchev–Trinajstić information content (AvgIpc) is 3.21. The van der Waals surface area contributed by atoms with Crippen LogP contribution in [0.2, 0.25) is 0 Å². The first kappa shape index (κ1) is 19.9. The van der Waals surface area contributed by atoms with E-state index in [0.717, 1.165) is 37.5 Å². The molecule has 1 aliphatic carbocycles. The fourth-order valence-corrected chi connectivity index (χ4v) is 6.44. The molecule has 2 aliphatic heterocycles. The molecular formula is C20H28N6O3S. The van der Waals surface area contributed by atoms with E-state index in [1.54, 1.807) is 26.9 Å². The van der Waals surface area contributed by atoms with Crippen LogP contribution in [0.25, 0.3) is 11.0 Å². The Morgan fingerprint density at radius 2 is 1.63 bits per heavy atom. The lowest BCUT2D eigenvalue weighted by Crippen LogP contribution is -2.53. The molecular weight excluding hydrogens is 404 g/mol. The van der Waals surface area contributed by atoms with Gasteiger partial charge in [0.05, 0.1) is 0 Å². The predicted octanol–water partition coefficient (Wildman–Crippen LogP) is 1.73. The Bertz CT molecular complexity index is 1080. The summed E-state index contributed by atoms with van der Waals surface area (Å²) in [5, 5.41) is 4.23. The molecule has 3 fully saturated rings. The highest BCUT2D eigenvalue weighted by atomic mass is 32.2. The van der Waals surface area contributed by atoms with E-state index in [-0.39, 0.29) is 17.6 Å². The van der Waals surface area contributed by atoms with Crippen molar-refractivity contribution in [2.45, 2.75) is 57.0 Å². The van der Waals surface area contributed by atoms with Gasteiger partial charge in [-0.1, -0.05) is 12.8 Å². The maximum absolute atomic E-state index is 12.6. The fraction of sp³-hybridized carbons (Fsp3) is 0.650. The van der Waals surface area contributed by atoms with Gasteiger partial charge in [-0.15, -0.1) is 0 Å². The largest absolute Gasteiger partial charge is 0.351 e. The molecule has 30 heavy (non-hydrogen) atoms. The van der Waals surface area contributed by atoms with Crippen LogP contribution in [0.1, 0.15) is 51.0 Å². The van der Waals surface area contributed by atoms with Crippen molar-refractivity contribution in [3.63, 3.8) is 0 Å². The number of pyridine rings is 1. The average molecular weight is 433 g/mol. The SMILES string of the molecule is O=c1ccc2cnc(NC3CCN(S(=O)(=O)N4CCC4)CC3)nc2n1C1CCCC1. The van der Waals surface area contributed by atoms with Crippen LogP contribution in [0.15, 0.2) is 23.1 Å². The van der Waals surface area contributed by atoms with Gasteiger partial charge in [0.1, 0.15) is 5.65 Å². The number of fused-ring (bicyclic) bond motifs is 1. The first-order valence-corrected chi connectivity index (χ1v) is 12.3. The molecule has 0 spiro atoms. The van der Waals surface area contributed by atoms with Crippen LogP contribution in [0, 0.1) is 0 Å². The molecule has 0 atom stereocenters. The number of hydrogen-bond donors (Lipinski definition) is 1. The molecule has 0 radical (unpaired) electrons. The second kappa shape index (κ2) is 7.90. The topological polar surface area (TPSA) is 100 Å². The van der Waals surface area contributed by atoms with Crippen LogP contribution in [-0.4, -0.2) is 63.8 Å². The monoisotopic (exact) mass is 432 g/mol. The molecule has 4 heterocycles. The second-order valence-corrected chi connectivity index (χ2v) is 10.5. The Balaban J connectivity index is 1.31. The highest BCUT2D eigenvalue weighted by Crippen LogP contribution is 2.30. The lowest BCUT2D eigenvalue weighted by Gasteiger charge is -2.38. The van der Waals surface area contributed by atoms with Crippen LogP contribution in [0.5, 0.6) is 0 Å².